The summed E-state index contributed by atoms with van der Waals surface area (Å²) >= 11 is 0. The molecule has 1 unspecified atom stereocenters. The molecule has 0 amide bonds. The van der Waals surface area contributed by atoms with E-state index in [2.05, 4.69) is 25.7 Å². The fourth-order valence-electron chi connectivity index (χ4n) is 2.08. The summed E-state index contributed by atoms with van der Waals surface area (Å²) in [4.78, 5) is 2.45. The van der Waals surface area contributed by atoms with Crippen LogP contribution in [0.4, 0.5) is 0 Å². The van der Waals surface area contributed by atoms with Crippen LogP contribution >= 0.6 is 0 Å². The van der Waals surface area contributed by atoms with Crippen LogP contribution in [0.3, 0.4) is 0 Å². The topological polar surface area (TPSA) is 23.5 Å². The summed E-state index contributed by atoms with van der Waals surface area (Å²) in [5, 5.41) is 10.0. The second-order valence-electron chi connectivity index (χ2n) is 5.16. The molecule has 0 saturated heterocycles. The first kappa shape index (κ1) is 16.9. The van der Waals surface area contributed by atoms with Crippen LogP contribution in [0, 0.1) is 0 Å². The molecule has 2 heteroatoms. The van der Waals surface area contributed by atoms with E-state index >= 15 is 0 Å². The van der Waals surface area contributed by atoms with Gasteiger partial charge in [-0.1, -0.05) is 52.9 Å². The van der Waals surface area contributed by atoms with Gasteiger partial charge in [0.05, 0.1) is 6.10 Å². The van der Waals surface area contributed by atoms with Gasteiger partial charge in [0.2, 0.25) is 0 Å². The summed E-state index contributed by atoms with van der Waals surface area (Å²) in [6.07, 6.45) is 9.52. The summed E-state index contributed by atoms with van der Waals surface area (Å²) in [5.74, 6) is 0. The van der Waals surface area contributed by atoms with Gasteiger partial charge in [0, 0.05) is 6.54 Å². The molecule has 0 aromatic carbocycles. The van der Waals surface area contributed by atoms with E-state index in [1.54, 1.807) is 0 Å². The van der Waals surface area contributed by atoms with Gasteiger partial charge in [-0.3, -0.25) is 0 Å². The Kier molecular flexibility index (Phi) is 12.3. The number of rotatable bonds is 12. The third-order valence-electron chi connectivity index (χ3n) is 3.27. The van der Waals surface area contributed by atoms with Crippen molar-refractivity contribution in [2.75, 3.05) is 19.6 Å². The van der Waals surface area contributed by atoms with Gasteiger partial charge < -0.3 is 10.0 Å². The predicted molar refractivity (Wildman–Crippen MR) is 76.4 cm³/mol. The van der Waals surface area contributed by atoms with Gasteiger partial charge in [0.25, 0.3) is 0 Å². The Bertz CT molecular complexity index is 142. The smallest absolute Gasteiger partial charge is 0.0667 e. The Morgan fingerprint density at radius 2 is 1.35 bits per heavy atom. The molecule has 0 aromatic heterocycles. The molecule has 0 radical (unpaired) electrons. The van der Waals surface area contributed by atoms with Crippen molar-refractivity contribution in [3.05, 3.63) is 0 Å². The Hall–Kier alpha value is -0.0800. The summed E-state index contributed by atoms with van der Waals surface area (Å²) in [5.41, 5.74) is 0. The molecule has 0 fully saturated rings. The molecule has 0 heterocycles. The minimum atomic E-state index is -0.115. The number of hydrogen-bond acceptors (Lipinski definition) is 2. The lowest BCUT2D eigenvalue weighted by Gasteiger charge is -2.24. The standard InChI is InChI=1S/C15H33NO/c1-4-7-10-11-15(17)14-16(12-8-5-2)13-9-6-3/h15,17H,4-14H2,1-3H3. The van der Waals surface area contributed by atoms with Gasteiger partial charge in [-0.15, -0.1) is 0 Å². The van der Waals surface area contributed by atoms with Gasteiger partial charge in [-0.25, -0.2) is 0 Å². The zero-order valence-electron chi connectivity index (χ0n) is 12.2. The fraction of sp³-hybridized carbons (Fsp3) is 1.00. The van der Waals surface area contributed by atoms with Crippen LogP contribution in [0.1, 0.15) is 72.1 Å². The Morgan fingerprint density at radius 3 is 1.82 bits per heavy atom. The number of aliphatic hydroxyl groups excluding tert-OH is 1. The number of nitrogens with zero attached hydrogens (tertiary/aromatic N) is 1. The molecule has 0 aromatic rings. The van der Waals surface area contributed by atoms with E-state index in [1.165, 1.54) is 44.9 Å². The molecule has 0 saturated carbocycles. The van der Waals surface area contributed by atoms with Gasteiger partial charge in [0.15, 0.2) is 0 Å². The second-order valence-corrected chi connectivity index (χ2v) is 5.16. The highest BCUT2D eigenvalue weighted by Crippen LogP contribution is 2.07. The van der Waals surface area contributed by atoms with E-state index in [1.807, 2.05) is 0 Å². The maximum atomic E-state index is 10.0. The second kappa shape index (κ2) is 12.4. The van der Waals surface area contributed by atoms with Crippen molar-refractivity contribution in [1.82, 2.24) is 4.90 Å². The maximum Gasteiger partial charge on any atom is 0.0667 e. The molecule has 0 bridgehead atoms. The van der Waals surface area contributed by atoms with Crippen LogP contribution in [-0.2, 0) is 0 Å². The summed E-state index contributed by atoms with van der Waals surface area (Å²) in [6.45, 7) is 9.86. The molecule has 1 atom stereocenters. The molecule has 0 rings (SSSR count). The maximum absolute atomic E-state index is 10.0. The van der Waals surface area contributed by atoms with E-state index in [0.717, 1.165) is 26.1 Å². The molecular formula is C15H33NO. The lowest BCUT2D eigenvalue weighted by Crippen LogP contribution is -2.34. The first-order chi connectivity index (χ1) is 8.24. The summed E-state index contributed by atoms with van der Waals surface area (Å²) in [6, 6.07) is 0. The zero-order chi connectivity index (χ0) is 12.9. The van der Waals surface area contributed by atoms with Gasteiger partial charge >= 0.3 is 0 Å². The molecule has 104 valence electrons. The third kappa shape index (κ3) is 10.8. The van der Waals surface area contributed by atoms with Crippen molar-refractivity contribution in [3.8, 4) is 0 Å². The van der Waals surface area contributed by atoms with E-state index in [-0.39, 0.29) is 6.10 Å². The van der Waals surface area contributed by atoms with E-state index in [9.17, 15) is 5.11 Å². The van der Waals surface area contributed by atoms with Crippen LogP contribution < -0.4 is 0 Å². The van der Waals surface area contributed by atoms with Crippen LogP contribution in [0.25, 0.3) is 0 Å². The summed E-state index contributed by atoms with van der Waals surface area (Å²) < 4.78 is 0. The van der Waals surface area contributed by atoms with E-state index < -0.39 is 0 Å². The Labute approximate surface area is 108 Å². The number of unbranched alkanes of at least 4 members (excludes halogenated alkanes) is 4. The number of aliphatic hydroxyl groups is 1. The fourth-order valence-corrected chi connectivity index (χ4v) is 2.08. The Balaban J connectivity index is 3.76. The van der Waals surface area contributed by atoms with Gasteiger partial charge in [0.1, 0.15) is 0 Å². The SMILES string of the molecule is CCCCCC(O)CN(CCCC)CCCC. The van der Waals surface area contributed by atoms with E-state index in [4.69, 9.17) is 0 Å². The van der Waals surface area contributed by atoms with Crippen LogP contribution in [0.5, 0.6) is 0 Å². The van der Waals surface area contributed by atoms with Crippen molar-refractivity contribution >= 4 is 0 Å². The van der Waals surface area contributed by atoms with Crippen molar-refractivity contribution < 1.29 is 5.11 Å². The normalized spacial score (nSPS) is 13.2. The predicted octanol–water partition coefficient (Wildman–Crippen LogP) is 3.83. The first-order valence-corrected chi connectivity index (χ1v) is 7.64. The van der Waals surface area contributed by atoms with Crippen molar-refractivity contribution in [3.63, 3.8) is 0 Å². The minimum absolute atomic E-state index is 0.115. The molecule has 17 heavy (non-hydrogen) atoms. The van der Waals surface area contributed by atoms with Crippen molar-refractivity contribution in [2.24, 2.45) is 0 Å². The highest BCUT2D eigenvalue weighted by molar-refractivity contribution is 4.65. The number of hydrogen-bond donors (Lipinski definition) is 1. The zero-order valence-corrected chi connectivity index (χ0v) is 12.2. The largest absolute Gasteiger partial charge is 0.392 e. The van der Waals surface area contributed by atoms with Crippen LogP contribution in [0.2, 0.25) is 0 Å². The average molecular weight is 243 g/mol. The highest BCUT2D eigenvalue weighted by atomic mass is 16.3. The van der Waals surface area contributed by atoms with Crippen molar-refractivity contribution in [1.29, 1.82) is 0 Å². The highest BCUT2D eigenvalue weighted by Gasteiger charge is 2.10. The molecule has 0 spiro atoms. The molecule has 0 aliphatic heterocycles. The average Bonchev–Trinajstić information content (AvgIpc) is 2.33. The molecule has 0 aliphatic carbocycles. The molecule has 0 aliphatic rings. The van der Waals surface area contributed by atoms with Crippen LogP contribution in [0.15, 0.2) is 0 Å². The van der Waals surface area contributed by atoms with Gasteiger partial charge in [-0.05, 0) is 32.4 Å². The molecular weight excluding hydrogens is 210 g/mol. The Morgan fingerprint density at radius 1 is 0.824 bits per heavy atom. The van der Waals surface area contributed by atoms with Crippen molar-refractivity contribution in [2.45, 2.75) is 78.2 Å². The van der Waals surface area contributed by atoms with E-state index in [0.29, 0.717) is 0 Å². The first-order valence-electron chi connectivity index (χ1n) is 7.64. The lowest BCUT2D eigenvalue weighted by molar-refractivity contribution is 0.101. The third-order valence-corrected chi connectivity index (χ3v) is 3.27. The molecule has 2 nitrogen and oxygen atoms in total. The quantitative estimate of drug-likeness (QED) is 0.527. The van der Waals surface area contributed by atoms with Gasteiger partial charge in [-0.2, -0.15) is 0 Å². The lowest BCUT2D eigenvalue weighted by atomic mass is 10.1. The molecule has 1 N–H and O–H groups in total. The summed E-state index contributed by atoms with van der Waals surface area (Å²) in [7, 11) is 0. The monoisotopic (exact) mass is 243 g/mol. The minimum Gasteiger partial charge on any atom is -0.392 e. The van der Waals surface area contributed by atoms with Crippen LogP contribution in [-0.4, -0.2) is 35.7 Å².